The molecule has 0 radical (unpaired) electrons. The maximum Gasteiger partial charge on any atom is 0.231 e. The average molecular weight is 490 g/mol. The van der Waals surface area contributed by atoms with Crippen LogP contribution in [0.1, 0.15) is 11.1 Å². The Bertz CT molecular complexity index is 1530. The Labute approximate surface area is 206 Å². The zero-order valence-corrected chi connectivity index (χ0v) is 20.2. The highest BCUT2D eigenvalue weighted by molar-refractivity contribution is 5.92. The number of nitrogens with zero attached hydrogens (tertiary/aromatic N) is 4. The van der Waals surface area contributed by atoms with Gasteiger partial charge in [0, 0.05) is 38.4 Å². The summed E-state index contributed by atoms with van der Waals surface area (Å²) in [6.45, 7) is 3.21. The van der Waals surface area contributed by atoms with Gasteiger partial charge in [-0.1, -0.05) is 36.4 Å². The first kappa shape index (κ1) is 23.8. The van der Waals surface area contributed by atoms with E-state index in [2.05, 4.69) is 20.5 Å². The molecule has 36 heavy (non-hydrogen) atoms. The average Bonchev–Trinajstić information content (AvgIpc) is 3.52. The van der Waals surface area contributed by atoms with Crippen molar-refractivity contribution in [1.82, 2.24) is 25.1 Å². The third-order valence-corrected chi connectivity index (χ3v) is 6.05. The highest BCUT2D eigenvalue weighted by atomic mass is 19.1. The van der Waals surface area contributed by atoms with Crippen molar-refractivity contribution in [2.75, 3.05) is 20.3 Å². The zero-order valence-electron chi connectivity index (χ0n) is 20.2. The number of aryl methyl sites for hydroxylation is 2. The van der Waals surface area contributed by atoms with E-state index < -0.39 is 11.6 Å². The minimum atomic E-state index is -0.557. The molecule has 0 aliphatic heterocycles. The molecule has 5 aromatic rings. The van der Waals surface area contributed by atoms with Gasteiger partial charge in [0.05, 0.1) is 12.2 Å². The summed E-state index contributed by atoms with van der Waals surface area (Å²) in [5.74, 6) is -0.648. The summed E-state index contributed by atoms with van der Waals surface area (Å²) in [6.07, 6.45) is 1.54. The smallest absolute Gasteiger partial charge is 0.231 e. The highest BCUT2D eigenvalue weighted by Crippen LogP contribution is 2.41. The van der Waals surface area contributed by atoms with Gasteiger partial charge in [0.25, 0.3) is 0 Å². The number of nitrogens with one attached hydrogen (secondary N) is 1. The van der Waals surface area contributed by atoms with Gasteiger partial charge in [0.1, 0.15) is 17.7 Å². The number of methoxy groups -OCH3 is 1. The van der Waals surface area contributed by atoms with Gasteiger partial charge in [-0.25, -0.2) is 13.8 Å². The Morgan fingerprint density at radius 3 is 2.61 bits per heavy atom. The second-order valence-corrected chi connectivity index (χ2v) is 8.51. The van der Waals surface area contributed by atoms with Crippen LogP contribution in [0.3, 0.4) is 0 Å². The third-order valence-electron chi connectivity index (χ3n) is 6.05. The number of oxazole rings is 1. The fourth-order valence-corrected chi connectivity index (χ4v) is 4.30. The van der Waals surface area contributed by atoms with Gasteiger partial charge >= 0.3 is 0 Å². The number of ether oxygens (including phenoxy) is 1. The molecule has 184 valence electrons. The van der Waals surface area contributed by atoms with Crippen molar-refractivity contribution in [3.63, 3.8) is 0 Å². The number of rotatable bonds is 8. The Morgan fingerprint density at radius 2 is 1.89 bits per heavy atom. The highest BCUT2D eigenvalue weighted by Gasteiger charge is 2.26. The van der Waals surface area contributed by atoms with Crippen LogP contribution in [0.5, 0.6) is 0 Å². The number of benzene rings is 3. The largest absolute Gasteiger partial charge is 0.436 e. The van der Waals surface area contributed by atoms with Crippen LogP contribution in [0.25, 0.3) is 45.1 Å². The van der Waals surface area contributed by atoms with Crippen LogP contribution in [0, 0.1) is 18.6 Å². The molecular weight excluding hydrogens is 464 g/mol. The van der Waals surface area contributed by atoms with Gasteiger partial charge < -0.3 is 19.0 Å². The Balaban J connectivity index is 1.71. The quantitative estimate of drug-likeness (QED) is 0.299. The molecule has 3 aromatic carbocycles. The summed E-state index contributed by atoms with van der Waals surface area (Å²) >= 11 is 0. The van der Waals surface area contributed by atoms with Crippen molar-refractivity contribution in [1.29, 1.82) is 0 Å². The zero-order chi connectivity index (χ0) is 25.2. The van der Waals surface area contributed by atoms with Crippen molar-refractivity contribution in [2.24, 2.45) is 7.05 Å². The SMILES string of the molecule is COCCNCc1cc(C)c2oc(-c3c(F)ccc(-c4ccccc4)c3-c3nncn3C)nc2c1F. The lowest BCUT2D eigenvalue weighted by atomic mass is 9.94. The number of fused-ring (bicyclic) bond motifs is 1. The Kier molecular flexibility index (Phi) is 6.58. The third kappa shape index (κ3) is 4.27. The van der Waals surface area contributed by atoms with Crippen LogP contribution < -0.4 is 5.32 Å². The Hall–Kier alpha value is -3.95. The summed E-state index contributed by atoms with van der Waals surface area (Å²) in [6, 6.07) is 14.3. The molecule has 0 aliphatic rings. The number of hydrogen-bond donors (Lipinski definition) is 1. The molecule has 0 amide bonds. The number of hydrogen-bond acceptors (Lipinski definition) is 6. The van der Waals surface area contributed by atoms with Crippen molar-refractivity contribution >= 4 is 11.1 Å². The molecule has 0 saturated heterocycles. The number of halogens is 2. The van der Waals surface area contributed by atoms with Crippen LogP contribution >= 0.6 is 0 Å². The van der Waals surface area contributed by atoms with Crippen molar-refractivity contribution < 1.29 is 17.9 Å². The van der Waals surface area contributed by atoms with Crippen molar-refractivity contribution in [3.8, 4) is 34.0 Å². The fraction of sp³-hybridized carbons (Fsp3) is 0.222. The van der Waals surface area contributed by atoms with Crippen molar-refractivity contribution in [3.05, 3.63) is 77.6 Å². The van der Waals surface area contributed by atoms with Gasteiger partial charge in [-0.05, 0) is 35.7 Å². The lowest BCUT2D eigenvalue weighted by molar-refractivity contribution is 0.199. The van der Waals surface area contributed by atoms with E-state index in [4.69, 9.17) is 9.15 Å². The standard InChI is InChI=1S/C27H25F2N5O2/c1-16-13-18(14-30-11-12-35-3)23(29)24-25(16)36-27(32-24)22-20(28)10-9-19(17-7-5-4-6-8-17)21(22)26-33-31-15-34(26)2/h4-10,13,15,30H,11-12,14H2,1-3H3. The topological polar surface area (TPSA) is 78.0 Å². The lowest BCUT2D eigenvalue weighted by Crippen LogP contribution is -2.19. The van der Waals surface area contributed by atoms with E-state index >= 15 is 8.78 Å². The predicted octanol–water partition coefficient (Wildman–Crippen LogP) is 5.28. The Morgan fingerprint density at radius 1 is 1.08 bits per heavy atom. The summed E-state index contributed by atoms with van der Waals surface area (Å²) < 4.78 is 43.7. The van der Waals surface area contributed by atoms with E-state index in [1.165, 1.54) is 12.4 Å². The molecule has 0 bridgehead atoms. The van der Waals surface area contributed by atoms with Gasteiger partial charge in [-0.2, -0.15) is 0 Å². The molecule has 0 spiro atoms. The second-order valence-electron chi connectivity index (χ2n) is 8.51. The molecule has 1 N–H and O–H groups in total. The maximum atomic E-state index is 15.5. The van der Waals surface area contributed by atoms with Crippen LogP contribution in [-0.4, -0.2) is 40.0 Å². The van der Waals surface area contributed by atoms with Gasteiger partial charge in [-0.3, -0.25) is 0 Å². The maximum absolute atomic E-state index is 15.5. The summed E-state index contributed by atoms with van der Waals surface area (Å²) in [4.78, 5) is 4.45. The first-order valence-corrected chi connectivity index (χ1v) is 11.5. The minimum absolute atomic E-state index is 0.0234. The van der Waals surface area contributed by atoms with Gasteiger partial charge in [0.2, 0.25) is 5.89 Å². The van der Waals surface area contributed by atoms with Gasteiger partial charge in [0.15, 0.2) is 17.2 Å². The van der Waals surface area contributed by atoms with E-state index in [9.17, 15) is 0 Å². The fourth-order valence-electron chi connectivity index (χ4n) is 4.30. The molecule has 7 nitrogen and oxygen atoms in total. The monoisotopic (exact) mass is 489 g/mol. The van der Waals surface area contributed by atoms with Crippen LogP contribution in [-0.2, 0) is 18.3 Å². The second kappa shape index (κ2) is 9.96. The summed E-state index contributed by atoms with van der Waals surface area (Å²) in [5.41, 5.74) is 3.63. The van der Waals surface area contributed by atoms with E-state index in [0.717, 1.165) is 11.1 Å². The molecule has 2 aromatic heterocycles. The molecule has 5 rings (SSSR count). The molecule has 0 unspecified atom stereocenters. The van der Waals surface area contributed by atoms with E-state index in [1.54, 1.807) is 30.9 Å². The molecule has 9 heteroatoms. The minimum Gasteiger partial charge on any atom is -0.436 e. The van der Waals surface area contributed by atoms with E-state index in [-0.39, 0.29) is 22.6 Å². The molecule has 0 atom stereocenters. The first-order chi connectivity index (χ1) is 17.5. The van der Waals surface area contributed by atoms with Crippen LogP contribution in [0.4, 0.5) is 8.78 Å². The molecular formula is C27H25F2N5O2. The normalized spacial score (nSPS) is 11.5. The lowest BCUT2D eigenvalue weighted by Gasteiger charge is -2.14. The van der Waals surface area contributed by atoms with Gasteiger partial charge in [-0.15, -0.1) is 10.2 Å². The van der Waals surface area contributed by atoms with Crippen LogP contribution in [0.2, 0.25) is 0 Å². The van der Waals surface area contributed by atoms with Crippen LogP contribution in [0.15, 0.2) is 59.3 Å². The van der Waals surface area contributed by atoms with E-state index in [1.807, 2.05) is 37.3 Å². The molecule has 0 aliphatic carbocycles. The molecule has 2 heterocycles. The first-order valence-electron chi connectivity index (χ1n) is 11.5. The molecule has 0 saturated carbocycles. The van der Waals surface area contributed by atoms with E-state index in [0.29, 0.717) is 42.2 Å². The molecule has 0 fully saturated rings. The van der Waals surface area contributed by atoms with Crippen molar-refractivity contribution in [2.45, 2.75) is 13.5 Å². The summed E-state index contributed by atoms with van der Waals surface area (Å²) in [7, 11) is 3.38. The predicted molar refractivity (Wildman–Crippen MR) is 133 cm³/mol. The number of aromatic nitrogens is 4. The summed E-state index contributed by atoms with van der Waals surface area (Å²) in [5, 5.41) is 11.4.